The molecule has 5 nitrogen and oxygen atoms in total. The summed E-state index contributed by atoms with van der Waals surface area (Å²) in [5.74, 6) is -0.220. The zero-order valence-electron chi connectivity index (χ0n) is 13.6. The average molecular weight is 337 g/mol. The maximum Gasteiger partial charge on any atom is 0.305 e. The van der Waals surface area contributed by atoms with E-state index in [-0.39, 0.29) is 24.5 Å². The summed E-state index contributed by atoms with van der Waals surface area (Å²) in [6.45, 7) is 2.73. The van der Waals surface area contributed by atoms with Crippen LogP contribution in [0.4, 0.5) is 0 Å². The molecule has 23 heavy (non-hydrogen) atoms. The van der Waals surface area contributed by atoms with E-state index in [0.717, 1.165) is 24.8 Å². The smallest absolute Gasteiger partial charge is 0.305 e. The molecule has 1 amide bonds. The average Bonchev–Trinajstić information content (AvgIpc) is 3.09. The fraction of sp³-hybridized carbons (Fsp3) is 0.647. The van der Waals surface area contributed by atoms with Gasteiger partial charge in [0.25, 0.3) is 5.91 Å². The molecule has 1 aromatic rings. The number of nitrogens with zero attached hydrogens (tertiary/aromatic N) is 1. The van der Waals surface area contributed by atoms with Gasteiger partial charge in [-0.25, -0.2) is 0 Å². The van der Waals surface area contributed by atoms with Crippen molar-refractivity contribution in [2.24, 2.45) is 5.92 Å². The van der Waals surface area contributed by atoms with Crippen LogP contribution in [0.2, 0.25) is 0 Å². The third-order valence-electron chi connectivity index (χ3n) is 5.01. The number of fused-ring (bicyclic) bond motifs is 1. The van der Waals surface area contributed by atoms with E-state index in [1.54, 1.807) is 23.3 Å². The van der Waals surface area contributed by atoms with E-state index in [0.29, 0.717) is 18.9 Å². The number of carboxylic acid groups (broad SMARTS) is 1. The highest BCUT2D eigenvalue weighted by Crippen LogP contribution is 2.35. The van der Waals surface area contributed by atoms with Gasteiger partial charge in [-0.15, -0.1) is 11.3 Å². The summed E-state index contributed by atoms with van der Waals surface area (Å²) >= 11 is 1.67. The van der Waals surface area contributed by atoms with Gasteiger partial charge < -0.3 is 14.7 Å². The Bertz CT molecular complexity index is 612. The number of aliphatic carboxylic acids is 1. The highest BCUT2D eigenvalue weighted by molar-refractivity contribution is 7.10. The van der Waals surface area contributed by atoms with E-state index < -0.39 is 5.97 Å². The van der Waals surface area contributed by atoms with Crippen molar-refractivity contribution < 1.29 is 19.4 Å². The van der Waals surface area contributed by atoms with Gasteiger partial charge in [0.05, 0.1) is 18.1 Å². The van der Waals surface area contributed by atoms with Gasteiger partial charge in [0.2, 0.25) is 0 Å². The highest BCUT2D eigenvalue weighted by atomic mass is 32.1. The van der Waals surface area contributed by atoms with Gasteiger partial charge in [-0.3, -0.25) is 9.59 Å². The third kappa shape index (κ3) is 3.28. The Morgan fingerprint density at radius 1 is 1.48 bits per heavy atom. The largest absolute Gasteiger partial charge is 0.481 e. The number of hydrogen-bond acceptors (Lipinski definition) is 4. The fourth-order valence-corrected chi connectivity index (χ4v) is 4.94. The molecule has 2 aliphatic rings. The van der Waals surface area contributed by atoms with Crippen molar-refractivity contribution in [1.82, 2.24) is 4.90 Å². The first-order valence-electron chi connectivity index (χ1n) is 8.14. The first-order valence-corrected chi connectivity index (χ1v) is 9.02. The van der Waals surface area contributed by atoms with Gasteiger partial charge in [-0.2, -0.15) is 0 Å². The summed E-state index contributed by atoms with van der Waals surface area (Å²) in [5, 5.41) is 11.1. The van der Waals surface area contributed by atoms with Crippen LogP contribution in [0.3, 0.4) is 0 Å². The monoisotopic (exact) mass is 337 g/mol. The lowest BCUT2D eigenvalue weighted by Crippen LogP contribution is -2.37. The Labute approximate surface area is 140 Å². The number of methoxy groups -OCH3 is 1. The molecule has 3 atom stereocenters. The van der Waals surface area contributed by atoms with Crippen molar-refractivity contribution in [3.8, 4) is 0 Å². The van der Waals surface area contributed by atoms with Crippen molar-refractivity contribution in [3.05, 3.63) is 21.4 Å². The molecule has 2 heterocycles. The third-order valence-corrected chi connectivity index (χ3v) is 6.06. The van der Waals surface area contributed by atoms with Crippen LogP contribution in [0.15, 0.2) is 5.38 Å². The number of carbonyl (C=O) groups excluding carboxylic acids is 1. The molecular formula is C17H23NO4S. The summed E-state index contributed by atoms with van der Waals surface area (Å²) in [7, 11) is 1.62. The molecule has 0 bridgehead atoms. The zero-order chi connectivity index (χ0) is 16.6. The maximum atomic E-state index is 13.0. The topological polar surface area (TPSA) is 66.8 Å². The molecule has 1 saturated heterocycles. The van der Waals surface area contributed by atoms with Crippen LogP contribution in [0.25, 0.3) is 0 Å². The van der Waals surface area contributed by atoms with Crippen molar-refractivity contribution in [3.63, 3.8) is 0 Å². The van der Waals surface area contributed by atoms with E-state index in [4.69, 9.17) is 9.84 Å². The molecule has 1 aliphatic heterocycles. The minimum Gasteiger partial charge on any atom is -0.481 e. The quantitative estimate of drug-likeness (QED) is 0.917. The maximum absolute atomic E-state index is 13.0. The van der Waals surface area contributed by atoms with Crippen LogP contribution in [-0.4, -0.2) is 47.7 Å². The predicted molar refractivity (Wildman–Crippen MR) is 88.0 cm³/mol. The molecule has 0 spiro atoms. The number of carbonyl (C=O) groups is 2. The molecule has 1 N–H and O–H groups in total. The van der Waals surface area contributed by atoms with Crippen molar-refractivity contribution in [2.75, 3.05) is 13.7 Å². The summed E-state index contributed by atoms with van der Waals surface area (Å²) < 4.78 is 5.36. The Morgan fingerprint density at radius 2 is 2.26 bits per heavy atom. The van der Waals surface area contributed by atoms with Crippen LogP contribution in [0, 0.1) is 5.92 Å². The molecular weight excluding hydrogens is 314 g/mol. The second-order valence-electron chi connectivity index (χ2n) is 6.70. The van der Waals surface area contributed by atoms with Gasteiger partial charge in [-0.1, -0.05) is 6.92 Å². The van der Waals surface area contributed by atoms with Gasteiger partial charge >= 0.3 is 5.97 Å². The minimum atomic E-state index is -0.870. The standard InChI is InChI=1S/C17H23NO4S/c1-10-3-4-13-14(9-23-15(13)5-10)17(21)18-8-12(22-2)6-11(18)7-16(19)20/h9-12H,3-8H2,1-2H3,(H,19,20). The highest BCUT2D eigenvalue weighted by Gasteiger charge is 2.38. The van der Waals surface area contributed by atoms with E-state index in [1.165, 1.54) is 10.4 Å². The molecule has 0 aromatic carbocycles. The SMILES string of the molecule is COC1CC(CC(=O)O)N(C(=O)c2csc3c2CCC(C)C3)C1. The number of hydrogen-bond donors (Lipinski definition) is 1. The molecule has 0 saturated carbocycles. The van der Waals surface area contributed by atoms with Crippen LogP contribution >= 0.6 is 11.3 Å². The molecule has 1 aliphatic carbocycles. The second-order valence-corrected chi connectivity index (χ2v) is 7.67. The van der Waals surface area contributed by atoms with E-state index in [2.05, 4.69) is 6.92 Å². The summed E-state index contributed by atoms with van der Waals surface area (Å²) in [6, 6.07) is -0.275. The normalized spacial score (nSPS) is 27.0. The minimum absolute atomic E-state index is 0.0189. The Kier molecular flexibility index (Phi) is 4.73. The van der Waals surface area contributed by atoms with E-state index in [9.17, 15) is 9.59 Å². The van der Waals surface area contributed by atoms with E-state index in [1.807, 2.05) is 5.38 Å². The molecule has 3 unspecified atom stereocenters. The first-order chi connectivity index (χ1) is 11.0. The van der Waals surface area contributed by atoms with Gasteiger partial charge in [0.15, 0.2) is 0 Å². The summed E-state index contributed by atoms with van der Waals surface area (Å²) in [6.07, 6.45) is 3.62. The molecule has 126 valence electrons. The van der Waals surface area contributed by atoms with Crippen molar-refractivity contribution in [2.45, 2.75) is 51.2 Å². The van der Waals surface area contributed by atoms with Crippen LogP contribution < -0.4 is 0 Å². The fourth-order valence-electron chi connectivity index (χ4n) is 3.70. The Balaban J connectivity index is 1.82. The van der Waals surface area contributed by atoms with Crippen molar-refractivity contribution >= 4 is 23.2 Å². The molecule has 0 radical (unpaired) electrons. The number of amides is 1. The van der Waals surface area contributed by atoms with Crippen LogP contribution in [-0.2, 0) is 22.4 Å². The Hall–Kier alpha value is -1.40. The number of likely N-dealkylation sites (tertiary alicyclic amines) is 1. The van der Waals surface area contributed by atoms with Gasteiger partial charge in [0.1, 0.15) is 0 Å². The molecule has 3 rings (SSSR count). The first kappa shape index (κ1) is 16.5. The summed E-state index contributed by atoms with van der Waals surface area (Å²) in [5.41, 5.74) is 1.97. The van der Waals surface area contributed by atoms with Crippen molar-refractivity contribution in [1.29, 1.82) is 0 Å². The van der Waals surface area contributed by atoms with E-state index >= 15 is 0 Å². The number of rotatable bonds is 4. The Morgan fingerprint density at radius 3 is 2.96 bits per heavy atom. The molecule has 6 heteroatoms. The summed E-state index contributed by atoms with van der Waals surface area (Å²) in [4.78, 5) is 27.1. The predicted octanol–water partition coefficient (Wildman–Crippen LogP) is 2.58. The molecule has 1 aromatic heterocycles. The number of thiophene rings is 1. The lowest BCUT2D eigenvalue weighted by atomic mass is 9.88. The van der Waals surface area contributed by atoms with Crippen LogP contribution in [0.5, 0.6) is 0 Å². The van der Waals surface area contributed by atoms with Gasteiger partial charge in [0, 0.05) is 30.0 Å². The lowest BCUT2D eigenvalue weighted by Gasteiger charge is -2.25. The zero-order valence-corrected chi connectivity index (χ0v) is 14.4. The van der Waals surface area contributed by atoms with Gasteiger partial charge in [-0.05, 0) is 37.2 Å². The molecule has 1 fully saturated rings. The lowest BCUT2D eigenvalue weighted by molar-refractivity contribution is -0.137. The second kappa shape index (κ2) is 6.61. The number of ether oxygens (including phenoxy) is 1. The van der Waals surface area contributed by atoms with Crippen LogP contribution in [0.1, 0.15) is 47.0 Å². The number of carboxylic acids is 1.